The lowest BCUT2D eigenvalue weighted by atomic mass is 10.1. The maximum absolute atomic E-state index is 14.2. The van der Waals surface area contributed by atoms with E-state index < -0.39 is 30.0 Å². The molecule has 9 heteroatoms. The Labute approximate surface area is 184 Å². The van der Waals surface area contributed by atoms with E-state index in [-0.39, 0.29) is 12.1 Å². The minimum Gasteiger partial charge on any atom is -0.497 e. The summed E-state index contributed by atoms with van der Waals surface area (Å²) in [6.07, 6.45) is 1.19. The molecule has 3 aliphatic rings. The molecule has 0 N–H and O–H groups in total. The van der Waals surface area contributed by atoms with Crippen molar-refractivity contribution in [1.82, 2.24) is 14.7 Å². The number of anilines is 1. The largest absolute Gasteiger partial charge is 0.497 e. The third-order valence-electron chi connectivity index (χ3n) is 5.99. The first kappa shape index (κ1) is 20.0. The number of urea groups is 1. The van der Waals surface area contributed by atoms with E-state index >= 15 is 0 Å². The average molecular weight is 435 g/mol. The minimum atomic E-state index is -0.718. The van der Waals surface area contributed by atoms with Crippen LogP contribution in [-0.4, -0.2) is 59.0 Å². The van der Waals surface area contributed by atoms with E-state index in [9.17, 15) is 14.0 Å². The number of nitrogens with zero attached hydrogens (tertiary/aromatic N) is 5. The van der Waals surface area contributed by atoms with Gasteiger partial charge in [0.15, 0.2) is 12.2 Å². The van der Waals surface area contributed by atoms with Crippen LogP contribution >= 0.6 is 0 Å². The van der Waals surface area contributed by atoms with E-state index in [0.29, 0.717) is 11.7 Å². The van der Waals surface area contributed by atoms with Crippen LogP contribution in [0, 0.1) is 5.82 Å². The average Bonchev–Trinajstić information content (AvgIpc) is 3.31. The Kier molecular flexibility index (Phi) is 4.61. The maximum atomic E-state index is 14.2. The number of guanidine groups is 1. The second-order valence-electron chi connectivity index (χ2n) is 7.91. The first-order valence-corrected chi connectivity index (χ1v) is 10.2. The number of ether oxygens (including phenoxy) is 1. The number of hydrogen-bond acceptors (Lipinski definition) is 6. The minimum absolute atomic E-state index is 0.136. The molecule has 0 bridgehead atoms. The van der Waals surface area contributed by atoms with Gasteiger partial charge in [0.05, 0.1) is 19.3 Å². The van der Waals surface area contributed by atoms with Gasteiger partial charge in [-0.3, -0.25) is 14.6 Å². The van der Waals surface area contributed by atoms with Crippen LogP contribution in [0.25, 0.3) is 0 Å². The number of imide groups is 1. The second-order valence-corrected chi connectivity index (χ2v) is 7.91. The number of halogens is 1. The number of rotatable bonds is 4. The van der Waals surface area contributed by atoms with Gasteiger partial charge in [-0.2, -0.15) is 0 Å². The van der Waals surface area contributed by atoms with Gasteiger partial charge in [0.25, 0.3) is 5.91 Å². The number of carbonyl (C=O) groups excluding carboxylic acids is 2. The molecule has 2 aromatic carbocycles. The fourth-order valence-corrected chi connectivity index (χ4v) is 4.37. The van der Waals surface area contributed by atoms with Crippen molar-refractivity contribution in [2.75, 3.05) is 19.1 Å². The van der Waals surface area contributed by atoms with Gasteiger partial charge >= 0.3 is 6.03 Å². The molecule has 164 valence electrons. The number of amides is 3. The zero-order chi connectivity index (χ0) is 22.6. The summed E-state index contributed by atoms with van der Waals surface area (Å²) in [5.41, 5.74) is 2.00. The highest BCUT2D eigenvalue weighted by molar-refractivity contribution is 6.09. The van der Waals surface area contributed by atoms with Crippen molar-refractivity contribution in [2.24, 2.45) is 4.99 Å². The molecule has 3 amide bonds. The quantitative estimate of drug-likeness (QED) is 0.739. The van der Waals surface area contributed by atoms with Crippen molar-refractivity contribution in [2.45, 2.75) is 25.7 Å². The molecule has 0 aromatic heterocycles. The molecule has 2 aromatic rings. The fourth-order valence-electron chi connectivity index (χ4n) is 4.37. The molecule has 8 nitrogen and oxygen atoms in total. The number of likely N-dealkylation sites (N-methyl/N-ethyl adjacent to an activating group) is 1. The van der Waals surface area contributed by atoms with Crippen molar-refractivity contribution in [1.29, 1.82) is 0 Å². The normalized spacial score (nSPS) is 22.1. The van der Waals surface area contributed by atoms with Gasteiger partial charge in [0.1, 0.15) is 11.6 Å². The zero-order valence-electron chi connectivity index (χ0n) is 17.9. The molecular weight excluding hydrogens is 413 g/mol. The SMILES string of the molecule is COc1cccc(N2C(C)=CN3C2=NC2C3C(=O)N(Cc3ccccc3F)C(=O)N2C)c1. The van der Waals surface area contributed by atoms with E-state index in [0.717, 1.165) is 16.3 Å². The highest BCUT2D eigenvalue weighted by Crippen LogP contribution is 2.37. The maximum Gasteiger partial charge on any atom is 0.328 e. The van der Waals surface area contributed by atoms with Crippen LogP contribution in [0.4, 0.5) is 14.9 Å². The van der Waals surface area contributed by atoms with E-state index in [2.05, 4.69) is 0 Å². The van der Waals surface area contributed by atoms with Gasteiger partial charge in [0.2, 0.25) is 5.96 Å². The van der Waals surface area contributed by atoms with Crippen LogP contribution in [0.15, 0.2) is 65.4 Å². The van der Waals surface area contributed by atoms with Crippen molar-refractivity contribution < 1.29 is 18.7 Å². The Hall–Kier alpha value is -3.88. The van der Waals surface area contributed by atoms with Crippen LogP contribution in [0.2, 0.25) is 0 Å². The lowest BCUT2D eigenvalue weighted by molar-refractivity contribution is -0.137. The van der Waals surface area contributed by atoms with Gasteiger partial charge in [0, 0.05) is 30.6 Å². The number of hydrogen-bond donors (Lipinski definition) is 0. The van der Waals surface area contributed by atoms with Crippen molar-refractivity contribution in [3.05, 3.63) is 71.8 Å². The third-order valence-corrected chi connectivity index (χ3v) is 5.99. The standard InChI is InChI=1S/C23H22FN5O3/c1-14-12-27-19-20(25-22(27)29(14)16-8-6-9-17(11-16)32-3)26(2)23(31)28(21(19)30)13-15-7-4-5-10-18(15)24/h4-12,19-20H,13H2,1-3H3. The number of aliphatic imine (C=N–C) groups is 1. The van der Waals surface area contributed by atoms with Gasteiger partial charge in [-0.15, -0.1) is 0 Å². The highest BCUT2D eigenvalue weighted by atomic mass is 19.1. The predicted molar refractivity (Wildman–Crippen MR) is 116 cm³/mol. The molecule has 1 saturated heterocycles. The number of carbonyl (C=O) groups is 2. The summed E-state index contributed by atoms with van der Waals surface area (Å²) in [7, 11) is 3.21. The van der Waals surface area contributed by atoms with Gasteiger partial charge in [-0.25, -0.2) is 14.2 Å². The van der Waals surface area contributed by atoms with E-state index in [1.54, 1.807) is 37.3 Å². The monoisotopic (exact) mass is 435 g/mol. The van der Waals surface area contributed by atoms with E-state index in [1.165, 1.54) is 11.0 Å². The molecule has 1 fully saturated rings. The smallest absolute Gasteiger partial charge is 0.328 e. The topological polar surface area (TPSA) is 68.7 Å². The number of allylic oxidation sites excluding steroid dienone is 1. The molecule has 3 aliphatic heterocycles. The summed E-state index contributed by atoms with van der Waals surface area (Å²) >= 11 is 0. The number of fused-ring (bicyclic) bond motifs is 3. The van der Waals surface area contributed by atoms with Crippen molar-refractivity contribution in [3.8, 4) is 5.75 Å². The Morgan fingerprint density at radius 2 is 1.91 bits per heavy atom. The summed E-state index contributed by atoms with van der Waals surface area (Å²) in [5, 5.41) is 0. The zero-order valence-corrected chi connectivity index (χ0v) is 17.9. The van der Waals surface area contributed by atoms with Crippen LogP contribution in [0.3, 0.4) is 0 Å². The summed E-state index contributed by atoms with van der Waals surface area (Å²) in [4.78, 5) is 37.4. The summed E-state index contributed by atoms with van der Waals surface area (Å²) in [6.45, 7) is 1.79. The van der Waals surface area contributed by atoms with Crippen LogP contribution < -0.4 is 9.64 Å². The Morgan fingerprint density at radius 1 is 1.12 bits per heavy atom. The summed E-state index contributed by atoms with van der Waals surface area (Å²) < 4.78 is 19.5. The molecule has 0 saturated carbocycles. The molecular formula is C23H22FN5O3. The summed E-state index contributed by atoms with van der Waals surface area (Å²) in [6, 6.07) is 12.5. The van der Waals surface area contributed by atoms with Gasteiger partial charge < -0.3 is 14.5 Å². The molecule has 2 unspecified atom stereocenters. The van der Waals surface area contributed by atoms with Crippen LogP contribution in [0.1, 0.15) is 12.5 Å². The summed E-state index contributed by atoms with van der Waals surface area (Å²) in [5.74, 6) is 0.398. The lowest BCUT2D eigenvalue weighted by Crippen LogP contribution is -2.63. The van der Waals surface area contributed by atoms with Crippen LogP contribution in [0.5, 0.6) is 5.75 Å². The molecule has 0 radical (unpaired) electrons. The molecule has 32 heavy (non-hydrogen) atoms. The Bertz CT molecular complexity index is 1180. The molecule has 5 rings (SSSR count). The number of benzene rings is 2. The molecule has 3 heterocycles. The highest BCUT2D eigenvalue weighted by Gasteiger charge is 2.54. The van der Waals surface area contributed by atoms with Crippen molar-refractivity contribution >= 4 is 23.6 Å². The third kappa shape index (κ3) is 2.92. The molecule has 0 aliphatic carbocycles. The van der Waals surface area contributed by atoms with Crippen LogP contribution in [-0.2, 0) is 11.3 Å². The fraction of sp³-hybridized carbons (Fsp3) is 0.261. The lowest BCUT2D eigenvalue weighted by Gasteiger charge is -2.40. The first-order chi connectivity index (χ1) is 15.4. The van der Waals surface area contributed by atoms with Crippen molar-refractivity contribution in [3.63, 3.8) is 0 Å². The predicted octanol–water partition coefficient (Wildman–Crippen LogP) is 2.98. The molecule has 0 spiro atoms. The first-order valence-electron chi connectivity index (χ1n) is 10.2. The van der Waals surface area contributed by atoms with E-state index in [1.807, 2.05) is 42.3 Å². The van der Waals surface area contributed by atoms with Gasteiger partial charge in [-0.1, -0.05) is 24.3 Å². The molecule has 2 atom stereocenters. The number of methoxy groups -OCH3 is 1. The second kappa shape index (κ2) is 7.37. The van der Waals surface area contributed by atoms with Gasteiger partial charge in [-0.05, 0) is 25.1 Å². The Morgan fingerprint density at radius 3 is 2.66 bits per heavy atom. The Balaban J connectivity index is 1.48. The van der Waals surface area contributed by atoms with E-state index in [4.69, 9.17) is 9.73 Å².